The van der Waals surface area contributed by atoms with E-state index in [0.717, 1.165) is 5.56 Å². The van der Waals surface area contributed by atoms with E-state index < -0.39 is 0 Å². The van der Waals surface area contributed by atoms with Gasteiger partial charge >= 0.3 is 0 Å². The van der Waals surface area contributed by atoms with Crippen molar-refractivity contribution in [2.75, 3.05) is 0 Å². The Hall–Kier alpha value is -2.51. The summed E-state index contributed by atoms with van der Waals surface area (Å²) in [6.07, 6.45) is 0. The van der Waals surface area contributed by atoms with Crippen molar-refractivity contribution in [1.82, 2.24) is 0 Å². The summed E-state index contributed by atoms with van der Waals surface area (Å²) in [5.74, 6) is 0.433. The van der Waals surface area contributed by atoms with Crippen LogP contribution in [0.1, 0.15) is 16.7 Å². The number of ether oxygens (including phenoxy) is 1. The molecular weight excluding hydrogens is 274 g/mol. The Morgan fingerprint density at radius 2 is 1.90 bits per heavy atom. The first kappa shape index (κ1) is 15.5. The number of nitriles is 1. The van der Waals surface area contributed by atoms with Crippen molar-refractivity contribution in [3.8, 4) is 11.8 Å². The van der Waals surface area contributed by atoms with Crippen LogP contribution < -0.4 is 10.5 Å². The summed E-state index contributed by atoms with van der Waals surface area (Å²) < 4.78 is 5.62. The summed E-state index contributed by atoms with van der Waals surface area (Å²) in [4.78, 5) is 0. The zero-order chi connectivity index (χ0) is 13.7. The molecule has 20 heavy (non-hydrogen) atoms. The van der Waals surface area contributed by atoms with Gasteiger partial charge in [-0.1, -0.05) is 30.3 Å². The lowest BCUT2D eigenvalue weighted by Crippen LogP contribution is -2.11. The van der Waals surface area contributed by atoms with E-state index in [9.17, 15) is 0 Å². The molecule has 0 saturated carbocycles. The molecule has 3 N–H and O–H groups in total. The van der Waals surface area contributed by atoms with Crippen LogP contribution in [0.4, 0.5) is 0 Å². The standard InChI is InChI=1S/C15H13N3O.ClH/c16-9-13-8-12(15(17)18)6-7-14(13)19-10-11-4-2-1-3-5-11;/h1-8H,10H2,(H3,17,18);1H. The highest BCUT2D eigenvalue weighted by molar-refractivity contribution is 5.95. The first-order chi connectivity index (χ1) is 9.20. The molecule has 0 fully saturated rings. The molecule has 0 atom stereocenters. The Bertz CT molecular complexity index is 635. The third kappa shape index (κ3) is 3.74. The second-order valence-corrected chi connectivity index (χ2v) is 4.01. The Labute approximate surface area is 123 Å². The van der Waals surface area contributed by atoms with E-state index in [2.05, 4.69) is 0 Å². The average Bonchev–Trinajstić information content (AvgIpc) is 2.45. The topological polar surface area (TPSA) is 82.9 Å². The monoisotopic (exact) mass is 287 g/mol. The van der Waals surface area contributed by atoms with Crippen LogP contribution in [0.3, 0.4) is 0 Å². The number of hydrogen-bond acceptors (Lipinski definition) is 3. The molecule has 0 saturated heterocycles. The van der Waals surface area contributed by atoms with Crippen molar-refractivity contribution in [2.24, 2.45) is 5.73 Å². The lowest BCUT2D eigenvalue weighted by atomic mass is 10.1. The largest absolute Gasteiger partial charge is 0.488 e. The molecule has 2 aromatic rings. The van der Waals surface area contributed by atoms with E-state index in [0.29, 0.717) is 23.5 Å². The third-order valence-electron chi connectivity index (χ3n) is 2.65. The number of rotatable bonds is 4. The molecule has 0 aromatic heterocycles. The second kappa shape index (κ2) is 7.17. The molecule has 5 heteroatoms. The average molecular weight is 288 g/mol. The van der Waals surface area contributed by atoms with Crippen LogP contribution in [0.15, 0.2) is 48.5 Å². The summed E-state index contributed by atoms with van der Waals surface area (Å²) in [7, 11) is 0. The summed E-state index contributed by atoms with van der Waals surface area (Å²) >= 11 is 0. The minimum absolute atomic E-state index is 0. The number of amidine groups is 1. The minimum atomic E-state index is -0.0638. The van der Waals surface area contributed by atoms with Crippen molar-refractivity contribution >= 4 is 18.2 Å². The van der Waals surface area contributed by atoms with Crippen LogP contribution in [0.2, 0.25) is 0 Å². The Balaban J connectivity index is 0.00000200. The van der Waals surface area contributed by atoms with Crippen molar-refractivity contribution < 1.29 is 4.74 Å². The van der Waals surface area contributed by atoms with Gasteiger partial charge in [-0.05, 0) is 23.8 Å². The first-order valence-corrected chi connectivity index (χ1v) is 5.76. The summed E-state index contributed by atoms with van der Waals surface area (Å²) in [5, 5.41) is 16.4. The van der Waals surface area contributed by atoms with Crippen LogP contribution in [0, 0.1) is 16.7 Å². The molecule has 4 nitrogen and oxygen atoms in total. The summed E-state index contributed by atoms with van der Waals surface area (Å²) in [6.45, 7) is 0.398. The zero-order valence-electron chi connectivity index (χ0n) is 10.7. The fraction of sp³-hybridized carbons (Fsp3) is 0.0667. The predicted molar refractivity (Wildman–Crippen MR) is 80.2 cm³/mol. The van der Waals surface area contributed by atoms with Gasteiger partial charge in [0.25, 0.3) is 0 Å². The maximum atomic E-state index is 9.08. The molecule has 2 aromatic carbocycles. The molecule has 0 heterocycles. The summed E-state index contributed by atoms with van der Waals surface area (Å²) in [5.41, 5.74) is 7.31. The van der Waals surface area contributed by atoms with Gasteiger partial charge in [0, 0.05) is 5.56 Å². The predicted octanol–water partition coefficient (Wildman–Crippen LogP) is 2.84. The molecular formula is C15H14ClN3O. The first-order valence-electron chi connectivity index (χ1n) is 5.76. The normalized spacial score (nSPS) is 9.15. The quantitative estimate of drug-likeness (QED) is 0.670. The zero-order valence-corrected chi connectivity index (χ0v) is 11.5. The molecule has 0 aliphatic rings. The highest BCUT2D eigenvalue weighted by Gasteiger charge is 2.06. The molecule has 2 rings (SSSR count). The van der Waals surface area contributed by atoms with E-state index in [1.54, 1.807) is 18.2 Å². The summed E-state index contributed by atoms with van der Waals surface area (Å²) in [6, 6.07) is 16.7. The van der Waals surface area contributed by atoms with Gasteiger partial charge in [-0.2, -0.15) is 5.26 Å². The maximum absolute atomic E-state index is 9.08. The lowest BCUT2D eigenvalue weighted by Gasteiger charge is -2.09. The van der Waals surface area contributed by atoms with Crippen molar-refractivity contribution in [2.45, 2.75) is 6.61 Å². The van der Waals surface area contributed by atoms with Crippen molar-refractivity contribution in [1.29, 1.82) is 10.7 Å². The highest BCUT2D eigenvalue weighted by atomic mass is 35.5. The van der Waals surface area contributed by atoms with E-state index in [4.69, 9.17) is 21.1 Å². The van der Waals surface area contributed by atoms with Crippen molar-refractivity contribution in [3.63, 3.8) is 0 Å². The number of nitrogens with zero attached hydrogens (tertiary/aromatic N) is 1. The minimum Gasteiger partial charge on any atom is -0.488 e. The van der Waals surface area contributed by atoms with Crippen LogP contribution in [-0.4, -0.2) is 5.84 Å². The molecule has 0 unspecified atom stereocenters. The number of benzene rings is 2. The Morgan fingerprint density at radius 3 is 2.50 bits per heavy atom. The maximum Gasteiger partial charge on any atom is 0.137 e. The molecule has 0 aliphatic carbocycles. The Kier molecular flexibility index (Phi) is 5.57. The molecule has 0 amide bonds. The van der Waals surface area contributed by atoms with Gasteiger partial charge in [0.05, 0.1) is 5.56 Å². The highest BCUT2D eigenvalue weighted by Crippen LogP contribution is 2.20. The van der Waals surface area contributed by atoms with Gasteiger partial charge in [0.2, 0.25) is 0 Å². The van der Waals surface area contributed by atoms with Gasteiger partial charge in [-0.25, -0.2) is 0 Å². The van der Waals surface area contributed by atoms with E-state index in [1.165, 1.54) is 0 Å². The van der Waals surface area contributed by atoms with E-state index in [1.807, 2.05) is 36.4 Å². The van der Waals surface area contributed by atoms with Gasteiger partial charge in [0.15, 0.2) is 0 Å². The second-order valence-electron chi connectivity index (χ2n) is 4.01. The van der Waals surface area contributed by atoms with Crippen molar-refractivity contribution in [3.05, 3.63) is 65.2 Å². The van der Waals surface area contributed by atoms with Gasteiger partial charge in [-0.15, -0.1) is 12.4 Å². The molecule has 0 bridgehead atoms. The number of nitrogens with one attached hydrogen (secondary N) is 1. The van der Waals surface area contributed by atoms with Crippen LogP contribution in [0.5, 0.6) is 5.75 Å². The fourth-order valence-electron chi connectivity index (χ4n) is 1.65. The van der Waals surface area contributed by atoms with Gasteiger partial charge < -0.3 is 10.5 Å². The smallest absolute Gasteiger partial charge is 0.137 e. The molecule has 0 spiro atoms. The number of nitrogen functional groups attached to an aromatic ring is 1. The van der Waals surface area contributed by atoms with Crippen LogP contribution in [0.25, 0.3) is 0 Å². The van der Waals surface area contributed by atoms with E-state index >= 15 is 0 Å². The van der Waals surface area contributed by atoms with E-state index in [-0.39, 0.29) is 18.2 Å². The van der Waals surface area contributed by atoms with Crippen LogP contribution in [-0.2, 0) is 6.61 Å². The Morgan fingerprint density at radius 1 is 1.20 bits per heavy atom. The van der Waals surface area contributed by atoms with Gasteiger partial charge in [0.1, 0.15) is 24.3 Å². The van der Waals surface area contributed by atoms with Gasteiger partial charge in [-0.3, -0.25) is 5.41 Å². The number of hydrogen-bond donors (Lipinski definition) is 2. The molecule has 102 valence electrons. The SMILES string of the molecule is Cl.N#Cc1cc(C(=N)N)ccc1OCc1ccccc1. The molecule has 0 radical (unpaired) electrons. The lowest BCUT2D eigenvalue weighted by molar-refractivity contribution is 0.305. The van der Waals surface area contributed by atoms with Crippen LogP contribution >= 0.6 is 12.4 Å². The number of halogens is 1. The molecule has 0 aliphatic heterocycles. The number of nitrogens with two attached hydrogens (primary N) is 1. The fourth-order valence-corrected chi connectivity index (χ4v) is 1.65. The third-order valence-corrected chi connectivity index (χ3v) is 2.65.